The number of hydrogen-bond acceptors (Lipinski definition) is 8. The van der Waals surface area contributed by atoms with Crippen molar-refractivity contribution in [1.29, 1.82) is 0 Å². The van der Waals surface area contributed by atoms with Gasteiger partial charge in [-0.05, 0) is 34.7 Å². The minimum atomic E-state index is -0.118. The molecule has 1 aliphatic heterocycles. The molecule has 2 aromatic carbocycles. The lowest BCUT2D eigenvalue weighted by Crippen LogP contribution is -2.46. The molecule has 1 fully saturated rings. The number of amides is 1. The van der Waals surface area contributed by atoms with Crippen molar-refractivity contribution in [1.82, 2.24) is 25.1 Å². The Bertz CT molecular complexity index is 1100. The first-order chi connectivity index (χ1) is 16.2. The molecular formula is C23H27N7O2S. The number of carbonyl (C=O) groups is 1. The molecule has 1 saturated heterocycles. The molecule has 1 aromatic heterocycles. The smallest absolute Gasteiger partial charge is 0.234 e. The van der Waals surface area contributed by atoms with Crippen LogP contribution >= 0.6 is 11.8 Å². The summed E-state index contributed by atoms with van der Waals surface area (Å²) in [6.07, 6.45) is 1.94. The Labute approximate surface area is 197 Å². The highest BCUT2D eigenvalue weighted by atomic mass is 32.2. The van der Waals surface area contributed by atoms with E-state index in [1.807, 2.05) is 54.6 Å². The molecular weight excluding hydrogens is 438 g/mol. The van der Waals surface area contributed by atoms with Crippen molar-refractivity contribution in [2.75, 3.05) is 55.8 Å². The van der Waals surface area contributed by atoms with Gasteiger partial charge in [0.05, 0.1) is 24.2 Å². The number of carbonyl (C=O) groups excluding carboxylic acids is 1. The highest BCUT2D eigenvalue weighted by Gasteiger charge is 2.20. The topological polar surface area (TPSA) is 88.4 Å². The number of benzene rings is 2. The fourth-order valence-electron chi connectivity index (χ4n) is 3.75. The summed E-state index contributed by atoms with van der Waals surface area (Å²) in [6, 6.07) is 15.4. The predicted octanol–water partition coefficient (Wildman–Crippen LogP) is 2.71. The third-order valence-corrected chi connectivity index (χ3v) is 6.28. The number of methoxy groups -OCH3 is 1. The number of nitrogens with one attached hydrogen (secondary N) is 1. The van der Waals surface area contributed by atoms with Gasteiger partial charge in [-0.3, -0.25) is 9.69 Å². The summed E-state index contributed by atoms with van der Waals surface area (Å²) in [6.45, 7) is 8.47. The molecule has 1 N–H and O–H groups in total. The molecule has 2 heterocycles. The first-order valence-electron chi connectivity index (χ1n) is 10.7. The van der Waals surface area contributed by atoms with E-state index >= 15 is 0 Å². The van der Waals surface area contributed by atoms with Crippen molar-refractivity contribution in [2.45, 2.75) is 5.16 Å². The van der Waals surface area contributed by atoms with Crippen LogP contribution in [0.25, 0.3) is 5.69 Å². The SMILES string of the molecule is C=CCN1CCN(c2ccccc2NC(=O)CSc2nnnn2-c2ccccc2OC)CC1. The maximum atomic E-state index is 12.8. The number of hydrogen-bond donors (Lipinski definition) is 1. The van der Waals surface area contributed by atoms with Gasteiger partial charge in [-0.2, -0.15) is 4.68 Å². The van der Waals surface area contributed by atoms with Gasteiger partial charge < -0.3 is 15.0 Å². The second-order valence-electron chi connectivity index (χ2n) is 7.48. The Kier molecular flexibility index (Phi) is 7.59. The first-order valence-corrected chi connectivity index (χ1v) is 11.7. The van der Waals surface area contributed by atoms with Crippen molar-refractivity contribution >= 4 is 29.0 Å². The predicted molar refractivity (Wildman–Crippen MR) is 130 cm³/mol. The fraction of sp³-hybridized carbons (Fsp3) is 0.304. The molecule has 0 aliphatic carbocycles. The molecule has 4 rings (SSSR count). The van der Waals surface area contributed by atoms with Gasteiger partial charge in [0, 0.05) is 32.7 Å². The molecule has 33 heavy (non-hydrogen) atoms. The Morgan fingerprint density at radius 1 is 1.12 bits per heavy atom. The molecule has 9 nitrogen and oxygen atoms in total. The van der Waals surface area contributed by atoms with Gasteiger partial charge in [0.15, 0.2) is 0 Å². The lowest BCUT2D eigenvalue weighted by molar-refractivity contribution is -0.113. The molecule has 10 heteroatoms. The van der Waals surface area contributed by atoms with E-state index in [2.05, 4.69) is 37.2 Å². The lowest BCUT2D eigenvalue weighted by Gasteiger charge is -2.36. The summed E-state index contributed by atoms with van der Waals surface area (Å²) in [5.74, 6) is 0.710. The van der Waals surface area contributed by atoms with Crippen LogP contribution in [0.2, 0.25) is 0 Å². The fourth-order valence-corrected chi connectivity index (χ4v) is 4.43. The van der Waals surface area contributed by atoms with Gasteiger partial charge in [0.1, 0.15) is 11.4 Å². The minimum absolute atomic E-state index is 0.118. The normalized spacial score (nSPS) is 14.2. The van der Waals surface area contributed by atoms with Crippen LogP contribution in [0, 0.1) is 0 Å². The van der Waals surface area contributed by atoms with Crippen LogP contribution in [0.1, 0.15) is 0 Å². The van der Waals surface area contributed by atoms with Gasteiger partial charge in [-0.1, -0.05) is 42.1 Å². The molecule has 0 saturated carbocycles. The second-order valence-corrected chi connectivity index (χ2v) is 8.42. The van der Waals surface area contributed by atoms with E-state index in [0.29, 0.717) is 16.6 Å². The van der Waals surface area contributed by atoms with Crippen LogP contribution < -0.4 is 15.0 Å². The number of aromatic nitrogens is 4. The van der Waals surface area contributed by atoms with Crippen molar-refractivity contribution in [3.63, 3.8) is 0 Å². The quantitative estimate of drug-likeness (QED) is 0.381. The molecule has 1 amide bonds. The molecule has 3 aromatic rings. The Balaban J connectivity index is 1.39. The Hall–Kier alpha value is -3.37. The standard InChI is InChI=1S/C23H27N7O2S/c1-3-12-28-13-15-29(16-14-28)19-9-5-4-8-18(19)24-22(31)17-33-23-25-26-27-30(23)20-10-6-7-11-21(20)32-2/h3-11H,1,12-17H2,2H3,(H,24,31). The largest absolute Gasteiger partial charge is 0.494 e. The summed E-state index contributed by atoms with van der Waals surface area (Å²) in [4.78, 5) is 17.5. The summed E-state index contributed by atoms with van der Waals surface area (Å²) in [5, 5.41) is 15.5. The highest BCUT2D eigenvalue weighted by Crippen LogP contribution is 2.28. The van der Waals surface area contributed by atoms with Crippen LogP contribution in [0.15, 0.2) is 66.3 Å². The van der Waals surface area contributed by atoms with E-state index in [1.165, 1.54) is 11.8 Å². The number of nitrogens with zero attached hydrogens (tertiary/aromatic N) is 6. The average molecular weight is 466 g/mol. The molecule has 0 bridgehead atoms. The van der Waals surface area contributed by atoms with Gasteiger partial charge >= 0.3 is 0 Å². The van der Waals surface area contributed by atoms with Gasteiger partial charge in [0.25, 0.3) is 0 Å². The summed E-state index contributed by atoms with van der Waals surface area (Å²) < 4.78 is 6.98. The number of thioether (sulfide) groups is 1. The number of piperazine rings is 1. The molecule has 0 unspecified atom stereocenters. The zero-order chi connectivity index (χ0) is 23.0. The van der Waals surface area contributed by atoms with Crippen molar-refractivity contribution in [2.24, 2.45) is 0 Å². The summed E-state index contributed by atoms with van der Waals surface area (Å²) in [5.41, 5.74) is 2.56. The van der Waals surface area contributed by atoms with Crippen LogP contribution in [0.4, 0.5) is 11.4 Å². The van der Waals surface area contributed by atoms with E-state index in [-0.39, 0.29) is 11.7 Å². The monoisotopic (exact) mass is 465 g/mol. The number of tetrazole rings is 1. The van der Waals surface area contributed by atoms with Crippen LogP contribution in [0.3, 0.4) is 0 Å². The maximum absolute atomic E-state index is 12.8. The zero-order valence-electron chi connectivity index (χ0n) is 18.6. The van der Waals surface area contributed by atoms with Crippen LogP contribution in [-0.2, 0) is 4.79 Å². The van der Waals surface area contributed by atoms with E-state index in [9.17, 15) is 4.79 Å². The van der Waals surface area contributed by atoms with Crippen molar-refractivity contribution in [3.8, 4) is 11.4 Å². The van der Waals surface area contributed by atoms with Gasteiger partial charge in [-0.25, -0.2) is 0 Å². The Morgan fingerprint density at radius 3 is 2.61 bits per heavy atom. The first kappa shape index (κ1) is 22.8. The number of ether oxygens (including phenoxy) is 1. The molecule has 0 spiro atoms. The van der Waals surface area contributed by atoms with Crippen molar-refractivity contribution in [3.05, 3.63) is 61.2 Å². The molecule has 172 valence electrons. The highest BCUT2D eigenvalue weighted by molar-refractivity contribution is 7.99. The van der Waals surface area contributed by atoms with E-state index in [0.717, 1.165) is 44.1 Å². The molecule has 1 aliphatic rings. The van der Waals surface area contributed by atoms with Crippen LogP contribution in [-0.4, -0.2) is 76.6 Å². The summed E-state index contributed by atoms with van der Waals surface area (Å²) >= 11 is 1.27. The van der Waals surface area contributed by atoms with E-state index < -0.39 is 0 Å². The summed E-state index contributed by atoms with van der Waals surface area (Å²) in [7, 11) is 1.60. The Morgan fingerprint density at radius 2 is 1.85 bits per heavy atom. The number of anilines is 2. The average Bonchev–Trinajstić information content (AvgIpc) is 3.32. The third-order valence-electron chi connectivity index (χ3n) is 5.37. The van der Waals surface area contributed by atoms with Gasteiger partial charge in [-0.15, -0.1) is 11.7 Å². The third kappa shape index (κ3) is 5.52. The van der Waals surface area contributed by atoms with Gasteiger partial charge in [0.2, 0.25) is 11.1 Å². The number of para-hydroxylation sites is 4. The lowest BCUT2D eigenvalue weighted by atomic mass is 10.2. The van der Waals surface area contributed by atoms with Crippen molar-refractivity contribution < 1.29 is 9.53 Å². The van der Waals surface area contributed by atoms with E-state index in [1.54, 1.807) is 11.8 Å². The maximum Gasteiger partial charge on any atom is 0.234 e. The van der Waals surface area contributed by atoms with E-state index in [4.69, 9.17) is 4.74 Å². The van der Waals surface area contributed by atoms with Crippen LogP contribution in [0.5, 0.6) is 5.75 Å². The number of rotatable bonds is 9. The minimum Gasteiger partial charge on any atom is -0.494 e. The molecule has 0 radical (unpaired) electrons. The molecule has 0 atom stereocenters. The zero-order valence-corrected chi connectivity index (χ0v) is 19.4. The second kappa shape index (κ2) is 11.0.